The van der Waals surface area contributed by atoms with E-state index in [2.05, 4.69) is 20.8 Å². The summed E-state index contributed by atoms with van der Waals surface area (Å²) in [6, 6.07) is 12.3. The first-order valence-electron chi connectivity index (χ1n) is 7.99. The number of methoxy groups -OCH3 is 2. The van der Waals surface area contributed by atoms with Gasteiger partial charge in [-0.1, -0.05) is 12.1 Å². The molecule has 0 aliphatic carbocycles. The van der Waals surface area contributed by atoms with E-state index in [0.717, 1.165) is 5.56 Å². The third-order valence-corrected chi connectivity index (χ3v) is 4.00. The standard InChI is InChI=1S/C18H19N5O3/c1-12(15-10-13(25-2)8-9-17(15)26-3)20-18(24)14-6-4-5-7-16(14)23-11-19-21-22-23/h4-12H,1-3H3,(H,20,24)/t12-/m0/s1. The third kappa shape index (κ3) is 3.49. The maximum Gasteiger partial charge on any atom is 0.253 e. The number of carbonyl (C=O) groups excluding carboxylic acids is 1. The van der Waals surface area contributed by atoms with Gasteiger partial charge in [0.1, 0.15) is 17.8 Å². The van der Waals surface area contributed by atoms with Gasteiger partial charge in [-0.15, -0.1) is 5.10 Å². The number of nitrogens with zero attached hydrogens (tertiary/aromatic N) is 4. The second kappa shape index (κ2) is 7.64. The van der Waals surface area contributed by atoms with Crippen LogP contribution in [0.25, 0.3) is 5.69 Å². The Morgan fingerprint density at radius 2 is 1.96 bits per heavy atom. The summed E-state index contributed by atoms with van der Waals surface area (Å²) in [5.74, 6) is 1.12. The Morgan fingerprint density at radius 1 is 1.15 bits per heavy atom. The summed E-state index contributed by atoms with van der Waals surface area (Å²) in [5.41, 5.74) is 1.88. The fourth-order valence-electron chi connectivity index (χ4n) is 2.67. The summed E-state index contributed by atoms with van der Waals surface area (Å²) in [7, 11) is 3.18. The highest BCUT2D eigenvalue weighted by Gasteiger charge is 2.19. The molecular weight excluding hydrogens is 334 g/mol. The molecule has 1 amide bonds. The van der Waals surface area contributed by atoms with Gasteiger partial charge in [-0.3, -0.25) is 4.79 Å². The summed E-state index contributed by atoms with van der Waals surface area (Å²) >= 11 is 0. The largest absolute Gasteiger partial charge is 0.497 e. The van der Waals surface area contributed by atoms with Crippen molar-refractivity contribution >= 4 is 5.91 Å². The van der Waals surface area contributed by atoms with Crippen molar-refractivity contribution in [2.24, 2.45) is 0 Å². The van der Waals surface area contributed by atoms with Gasteiger partial charge in [-0.2, -0.15) is 4.68 Å². The number of benzene rings is 2. The van der Waals surface area contributed by atoms with Crippen molar-refractivity contribution in [3.63, 3.8) is 0 Å². The van der Waals surface area contributed by atoms with Crippen LogP contribution in [-0.2, 0) is 0 Å². The highest BCUT2D eigenvalue weighted by atomic mass is 16.5. The summed E-state index contributed by atoms with van der Waals surface area (Å²) in [6.07, 6.45) is 1.45. The van der Waals surface area contributed by atoms with E-state index in [1.807, 2.05) is 31.2 Å². The van der Waals surface area contributed by atoms with Gasteiger partial charge >= 0.3 is 0 Å². The van der Waals surface area contributed by atoms with Crippen LogP contribution >= 0.6 is 0 Å². The van der Waals surface area contributed by atoms with E-state index in [0.29, 0.717) is 22.7 Å². The minimum Gasteiger partial charge on any atom is -0.497 e. The first-order chi connectivity index (χ1) is 12.6. The summed E-state index contributed by atoms with van der Waals surface area (Å²) in [6.45, 7) is 1.88. The fourth-order valence-corrected chi connectivity index (χ4v) is 2.67. The molecule has 1 atom stereocenters. The number of hydrogen-bond donors (Lipinski definition) is 1. The fraction of sp³-hybridized carbons (Fsp3) is 0.222. The molecule has 0 fully saturated rings. The molecule has 0 saturated heterocycles. The monoisotopic (exact) mass is 353 g/mol. The first-order valence-corrected chi connectivity index (χ1v) is 7.99. The number of tetrazole rings is 1. The number of aromatic nitrogens is 4. The van der Waals surface area contributed by atoms with Crippen LogP contribution < -0.4 is 14.8 Å². The molecule has 134 valence electrons. The van der Waals surface area contributed by atoms with Gasteiger partial charge in [0.15, 0.2) is 0 Å². The number of ether oxygens (including phenoxy) is 2. The van der Waals surface area contributed by atoms with Crippen LogP contribution in [-0.4, -0.2) is 40.3 Å². The zero-order valence-electron chi connectivity index (χ0n) is 14.7. The molecule has 0 radical (unpaired) electrons. The Hall–Kier alpha value is -3.42. The summed E-state index contributed by atoms with van der Waals surface area (Å²) in [5, 5.41) is 14.1. The van der Waals surface area contributed by atoms with Crippen LogP contribution in [0, 0.1) is 0 Å². The van der Waals surface area contributed by atoms with Gasteiger partial charge in [0.05, 0.1) is 31.5 Å². The molecule has 1 aromatic heterocycles. The Labute approximate surface area is 150 Å². The molecule has 0 saturated carbocycles. The minimum absolute atomic E-state index is 0.242. The minimum atomic E-state index is -0.297. The first kappa shape index (κ1) is 17.4. The van der Waals surface area contributed by atoms with Gasteiger partial charge in [-0.25, -0.2) is 0 Å². The SMILES string of the molecule is COc1ccc(OC)c([C@H](C)NC(=O)c2ccccc2-n2cnnn2)c1. The highest BCUT2D eigenvalue weighted by molar-refractivity contribution is 5.98. The van der Waals surface area contributed by atoms with Crippen molar-refractivity contribution in [3.05, 3.63) is 59.9 Å². The predicted octanol–water partition coefficient (Wildman–Crippen LogP) is 2.17. The number of rotatable bonds is 6. The Kier molecular flexibility index (Phi) is 5.12. The van der Waals surface area contributed by atoms with Crippen LogP contribution in [0.15, 0.2) is 48.8 Å². The van der Waals surface area contributed by atoms with Crippen LogP contribution in [0.2, 0.25) is 0 Å². The zero-order valence-corrected chi connectivity index (χ0v) is 14.7. The van der Waals surface area contributed by atoms with E-state index in [4.69, 9.17) is 9.47 Å². The lowest BCUT2D eigenvalue weighted by Crippen LogP contribution is -2.28. The number of hydrogen-bond acceptors (Lipinski definition) is 6. The van der Waals surface area contributed by atoms with Gasteiger partial charge in [0.2, 0.25) is 0 Å². The molecule has 0 bridgehead atoms. The molecule has 1 N–H and O–H groups in total. The molecule has 0 aliphatic rings. The van der Waals surface area contributed by atoms with E-state index in [1.165, 1.54) is 11.0 Å². The predicted molar refractivity (Wildman–Crippen MR) is 94.6 cm³/mol. The molecule has 2 aromatic carbocycles. The van der Waals surface area contributed by atoms with Crippen molar-refractivity contribution in [2.75, 3.05) is 14.2 Å². The second-order valence-corrected chi connectivity index (χ2v) is 5.57. The summed E-state index contributed by atoms with van der Waals surface area (Å²) in [4.78, 5) is 12.8. The van der Waals surface area contributed by atoms with E-state index in [-0.39, 0.29) is 11.9 Å². The molecule has 3 rings (SSSR count). The van der Waals surface area contributed by atoms with E-state index >= 15 is 0 Å². The molecule has 26 heavy (non-hydrogen) atoms. The van der Waals surface area contributed by atoms with Gasteiger partial charge in [-0.05, 0) is 47.7 Å². The van der Waals surface area contributed by atoms with Crippen molar-refractivity contribution in [1.29, 1.82) is 0 Å². The molecular formula is C18H19N5O3. The lowest BCUT2D eigenvalue weighted by molar-refractivity contribution is 0.0939. The van der Waals surface area contributed by atoms with Crippen molar-refractivity contribution < 1.29 is 14.3 Å². The van der Waals surface area contributed by atoms with Crippen molar-refractivity contribution in [1.82, 2.24) is 25.5 Å². The number of nitrogens with one attached hydrogen (secondary N) is 1. The van der Waals surface area contributed by atoms with E-state index in [9.17, 15) is 4.79 Å². The second-order valence-electron chi connectivity index (χ2n) is 5.57. The molecule has 8 heteroatoms. The zero-order chi connectivity index (χ0) is 18.5. The Bertz CT molecular complexity index is 896. The van der Waals surface area contributed by atoms with Crippen LogP contribution in [0.1, 0.15) is 28.9 Å². The maximum atomic E-state index is 12.8. The number of carbonyl (C=O) groups is 1. The highest BCUT2D eigenvalue weighted by Crippen LogP contribution is 2.29. The molecule has 8 nitrogen and oxygen atoms in total. The molecule has 0 unspecified atom stereocenters. The average Bonchev–Trinajstić information content (AvgIpc) is 3.22. The van der Waals surface area contributed by atoms with E-state index in [1.54, 1.807) is 32.4 Å². The van der Waals surface area contributed by atoms with Crippen LogP contribution in [0.3, 0.4) is 0 Å². The smallest absolute Gasteiger partial charge is 0.253 e. The lowest BCUT2D eigenvalue weighted by Gasteiger charge is -2.19. The van der Waals surface area contributed by atoms with Gasteiger partial charge in [0.25, 0.3) is 5.91 Å². The normalized spacial score (nSPS) is 11.7. The molecule has 0 spiro atoms. The van der Waals surface area contributed by atoms with Crippen LogP contribution in [0.4, 0.5) is 0 Å². The Morgan fingerprint density at radius 3 is 2.65 bits per heavy atom. The Balaban J connectivity index is 1.87. The van der Waals surface area contributed by atoms with E-state index < -0.39 is 0 Å². The van der Waals surface area contributed by atoms with Crippen LogP contribution in [0.5, 0.6) is 11.5 Å². The topological polar surface area (TPSA) is 91.2 Å². The molecule has 1 heterocycles. The van der Waals surface area contributed by atoms with Crippen molar-refractivity contribution in [3.8, 4) is 17.2 Å². The third-order valence-electron chi connectivity index (χ3n) is 4.00. The number of amides is 1. The van der Waals surface area contributed by atoms with Gasteiger partial charge in [0, 0.05) is 5.56 Å². The molecule has 3 aromatic rings. The quantitative estimate of drug-likeness (QED) is 0.730. The average molecular weight is 353 g/mol. The number of para-hydroxylation sites is 1. The van der Waals surface area contributed by atoms with Crippen molar-refractivity contribution in [2.45, 2.75) is 13.0 Å². The molecule has 0 aliphatic heterocycles. The lowest BCUT2D eigenvalue weighted by atomic mass is 10.1. The van der Waals surface area contributed by atoms with Gasteiger partial charge < -0.3 is 14.8 Å². The summed E-state index contributed by atoms with van der Waals surface area (Å²) < 4.78 is 12.1. The maximum absolute atomic E-state index is 12.8.